The number of anilines is 2. The lowest BCUT2D eigenvalue weighted by molar-refractivity contribution is -0.116. The molecule has 2 heterocycles. The van der Waals surface area contributed by atoms with Crippen molar-refractivity contribution in [2.24, 2.45) is 0 Å². The van der Waals surface area contributed by atoms with E-state index in [9.17, 15) is 13.2 Å². The number of hydrogen-bond acceptors (Lipinski definition) is 5. The second-order valence-corrected chi connectivity index (χ2v) is 8.11. The zero-order valence-electron chi connectivity index (χ0n) is 15.7. The second-order valence-electron chi connectivity index (χ2n) is 6.42. The minimum atomic E-state index is -3.81. The Balaban J connectivity index is 1.56. The minimum Gasteiger partial charge on any atom is -0.354 e. The van der Waals surface area contributed by atoms with E-state index in [-0.39, 0.29) is 16.7 Å². The summed E-state index contributed by atoms with van der Waals surface area (Å²) in [5.74, 6) is -0.0220. The largest absolute Gasteiger partial charge is 0.354 e. The minimum absolute atomic E-state index is 0.0616. The van der Waals surface area contributed by atoms with Gasteiger partial charge in [-0.1, -0.05) is 5.16 Å². The number of benzene rings is 1. The first-order chi connectivity index (χ1) is 13.3. The van der Waals surface area contributed by atoms with Crippen molar-refractivity contribution in [2.75, 3.05) is 10.0 Å². The zero-order chi connectivity index (χ0) is 20.1. The summed E-state index contributed by atoms with van der Waals surface area (Å²) >= 11 is 0. The molecule has 0 aliphatic carbocycles. The fourth-order valence-corrected chi connectivity index (χ4v) is 3.62. The van der Waals surface area contributed by atoms with Gasteiger partial charge < -0.3 is 14.4 Å². The molecule has 0 aliphatic rings. The molecule has 0 fully saturated rings. The Bertz CT molecular complexity index is 1040. The van der Waals surface area contributed by atoms with Gasteiger partial charge in [-0.2, -0.15) is 0 Å². The van der Waals surface area contributed by atoms with E-state index in [0.717, 1.165) is 6.54 Å². The number of rotatable bonds is 8. The third kappa shape index (κ3) is 4.80. The van der Waals surface area contributed by atoms with Crippen molar-refractivity contribution in [1.82, 2.24) is 9.72 Å². The molecule has 0 saturated heterocycles. The molecule has 0 saturated carbocycles. The molecule has 3 rings (SSSR count). The maximum atomic E-state index is 12.5. The monoisotopic (exact) mass is 402 g/mol. The van der Waals surface area contributed by atoms with E-state index >= 15 is 0 Å². The summed E-state index contributed by atoms with van der Waals surface area (Å²) in [4.78, 5) is 12.1. The predicted molar refractivity (Wildman–Crippen MR) is 106 cm³/mol. The van der Waals surface area contributed by atoms with Crippen LogP contribution in [0.15, 0.2) is 58.2 Å². The molecule has 1 aromatic carbocycles. The highest BCUT2D eigenvalue weighted by atomic mass is 32.2. The van der Waals surface area contributed by atoms with Gasteiger partial charge in [0.25, 0.3) is 10.0 Å². The van der Waals surface area contributed by atoms with Gasteiger partial charge in [-0.3, -0.25) is 4.79 Å². The Morgan fingerprint density at radius 2 is 1.82 bits per heavy atom. The Morgan fingerprint density at radius 1 is 1.14 bits per heavy atom. The highest BCUT2D eigenvalue weighted by molar-refractivity contribution is 7.92. The van der Waals surface area contributed by atoms with E-state index in [4.69, 9.17) is 4.52 Å². The van der Waals surface area contributed by atoms with Crippen molar-refractivity contribution in [1.29, 1.82) is 0 Å². The maximum Gasteiger partial charge on any atom is 0.264 e. The number of carbonyl (C=O) groups is 1. The first-order valence-electron chi connectivity index (χ1n) is 8.81. The van der Waals surface area contributed by atoms with Gasteiger partial charge >= 0.3 is 0 Å². The lowest BCUT2D eigenvalue weighted by Gasteiger charge is -2.08. The molecule has 1 amide bonds. The van der Waals surface area contributed by atoms with E-state index in [1.165, 1.54) is 12.1 Å². The average Bonchev–Trinajstić information content (AvgIpc) is 3.28. The summed E-state index contributed by atoms with van der Waals surface area (Å²) in [5, 5.41) is 6.50. The van der Waals surface area contributed by atoms with E-state index < -0.39 is 10.0 Å². The van der Waals surface area contributed by atoms with Crippen LogP contribution in [0.1, 0.15) is 24.1 Å². The molecule has 148 valence electrons. The van der Waals surface area contributed by atoms with Crippen LogP contribution in [0, 0.1) is 13.8 Å². The van der Waals surface area contributed by atoms with Gasteiger partial charge in [0.15, 0.2) is 0 Å². The van der Waals surface area contributed by atoms with Gasteiger partial charge in [-0.05, 0) is 56.7 Å². The van der Waals surface area contributed by atoms with Gasteiger partial charge in [-0.25, -0.2) is 13.1 Å². The van der Waals surface area contributed by atoms with E-state index in [1.54, 1.807) is 26.0 Å². The molecule has 9 heteroatoms. The van der Waals surface area contributed by atoms with E-state index in [2.05, 4.69) is 15.2 Å². The summed E-state index contributed by atoms with van der Waals surface area (Å²) in [5.41, 5.74) is 1.79. The van der Waals surface area contributed by atoms with Gasteiger partial charge in [0, 0.05) is 36.6 Å². The quantitative estimate of drug-likeness (QED) is 0.601. The number of aromatic nitrogens is 2. The van der Waals surface area contributed by atoms with Crippen LogP contribution in [0.4, 0.5) is 11.6 Å². The van der Waals surface area contributed by atoms with E-state index in [1.807, 2.05) is 29.1 Å². The Labute approximate surface area is 163 Å². The standard InChI is InChI=1S/C19H22N4O4S/c1-14-15(2)21-27-19(14)22-28(25,26)17-9-7-16(8-10-17)20-18(24)6-5-13-23-11-3-4-12-23/h3-4,7-12,22H,5-6,13H2,1-2H3,(H,20,24). The van der Waals surface area contributed by atoms with Gasteiger partial charge in [-0.15, -0.1) is 0 Å². The van der Waals surface area contributed by atoms with Crippen LogP contribution in [-0.2, 0) is 21.4 Å². The smallest absolute Gasteiger partial charge is 0.264 e. The predicted octanol–water partition coefficient (Wildman–Crippen LogP) is 3.31. The normalized spacial score (nSPS) is 11.4. The lowest BCUT2D eigenvalue weighted by atomic mass is 10.2. The second kappa shape index (κ2) is 8.30. The van der Waals surface area contributed by atoms with Crippen molar-refractivity contribution in [3.8, 4) is 0 Å². The van der Waals surface area contributed by atoms with Crippen molar-refractivity contribution in [2.45, 2.75) is 38.1 Å². The number of nitrogens with zero attached hydrogens (tertiary/aromatic N) is 2. The molecular weight excluding hydrogens is 380 g/mol. The first kappa shape index (κ1) is 19.7. The van der Waals surface area contributed by atoms with Gasteiger partial charge in [0.05, 0.1) is 10.6 Å². The van der Waals surface area contributed by atoms with Crippen molar-refractivity contribution < 1.29 is 17.7 Å². The van der Waals surface area contributed by atoms with Crippen molar-refractivity contribution in [3.63, 3.8) is 0 Å². The molecule has 28 heavy (non-hydrogen) atoms. The summed E-state index contributed by atoms with van der Waals surface area (Å²) in [6, 6.07) is 9.84. The maximum absolute atomic E-state index is 12.5. The fraction of sp³-hybridized carbons (Fsp3) is 0.263. The molecule has 8 nitrogen and oxygen atoms in total. The highest BCUT2D eigenvalue weighted by Gasteiger charge is 2.19. The zero-order valence-corrected chi connectivity index (χ0v) is 16.5. The van der Waals surface area contributed by atoms with Crippen LogP contribution >= 0.6 is 0 Å². The topological polar surface area (TPSA) is 106 Å². The van der Waals surface area contributed by atoms with Crippen molar-refractivity contribution in [3.05, 3.63) is 60.0 Å². The fourth-order valence-electron chi connectivity index (χ4n) is 2.57. The molecule has 0 bridgehead atoms. The third-order valence-corrected chi connectivity index (χ3v) is 5.67. The Morgan fingerprint density at radius 3 is 2.43 bits per heavy atom. The molecule has 0 atom stereocenters. The summed E-state index contributed by atoms with van der Waals surface area (Å²) in [6.45, 7) is 4.22. The molecule has 0 unspecified atom stereocenters. The number of sulfonamides is 1. The summed E-state index contributed by atoms with van der Waals surface area (Å²) < 4.78 is 34.3. The van der Waals surface area contributed by atoms with Crippen LogP contribution in [0.5, 0.6) is 0 Å². The summed E-state index contributed by atoms with van der Waals surface area (Å²) in [6.07, 6.45) is 5.00. The molecule has 2 aromatic heterocycles. The summed E-state index contributed by atoms with van der Waals surface area (Å²) in [7, 11) is -3.81. The number of aryl methyl sites for hydroxylation is 2. The van der Waals surface area contributed by atoms with Crippen LogP contribution in [0.25, 0.3) is 0 Å². The van der Waals surface area contributed by atoms with Crippen LogP contribution in [0.2, 0.25) is 0 Å². The van der Waals surface area contributed by atoms with Crippen LogP contribution in [0.3, 0.4) is 0 Å². The Hall–Kier alpha value is -3.07. The molecular formula is C19H22N4O4S. The third-order valence-electron chi connectivity index (χ3n) is 4.32. The molecule has 0 aliphatic heterocycles. The number of carbonyl (C=O) groups excluding carboxylic acids is 1. The molecule has 0 radical (unpaired) electrons. The molecule has 2 N–H and O–H groups in total. The number of amides is 1. The lowest BCUT2D eigenvalue weighted by Crippen LogP contribution is -2.14. The van der Waals surface area contributed by atoms with Crippen molar-refractivity contribution >= 4 is 27.5 Å². The van der Waals surface area contributed by atoms with Gasteiger partial charge in [0.2, 0.25) is 11.8 Å². The van der Waals surface area contributed by atoms with Crippen LogP contribution in [-0.4, -0.2) is 24.0 Å². The highest BCUT2D eigenvalue weighted by Crippen LogP contribution is 2.22. The molecule has 3 aromatic rings. The average molecular weight is 402 g/mol. The number of hydrogen-bond donors (Lipinski definition) is 2. The SMILES string of the molecule is Cc1noc(NS(=O)(=O)c2ccc(NC(=O)CCCn3cccc3)cc2)c1C. The Kier molecular flexibility index (Phi) is 5.84. The number of nitrogens with one attached hydrogen (secondary N) is 2. The van der Waals surface area contributed by atoms with Gasteiger partial charge in [0.1, 0.15) is 0 Å². The first-order valence-corrected chi connectivity index (χ1v) is 10.3. The molecule has 0 spiro atoms. The van der Waals surface area contributed by atoms with Crippen LogP contribution < -0.4 is 10.0 Å². The van der Waals surface area contributed by atoms with E-state index in [0.29, 0.717) is 29.8 Å².